The summed E-state index contributed by atoms with van der Waals surface area (Å²) in [6.07, 6.45) is 1.86. The largest absolute Gasteiger partial charge is 0.387 e. The minimum absolute atomic E-state index is 0.238. The summed E-state index contributed by atoms with van der Waals surface area (Å²) in [6, 6.07) is 4.71. The Labute approximate surface area is 107 Å². The third-order valence-electron chi connectivity index (χ3n) is 3.30. The van der Waals surface area contributed by atoms with Crippen LogP contribution in [0, 0.1) is 12.7 Å². The van der Waals surface area contributed by atoms with Gasteiger partial charge in [-0.05, 0) is 37.0 Å². The van der Waals surface area contributed by atoms with Crippen LogP contribution in [0.4, 0.5) is 4.39 Å². The highest BCUT2D eigenvalue weighted by Gasteiger charge is 2.15. The van der Waals surface area contributed by atoms with Crippen molar-refractivity contribution in [2.24, 2.45) is 0 Å². The summed E-state index contributed by atoms with van der Waals surface area (Å²) in [5, 5.41) is 13.2. The maximum Gasteiger partial charge on any atom is 0.126 e. The molecule has 2 unspecified atom stereocenters. The van der Waals surface area contributed by atoms with Gasteiger partial charge in [0.2, 0.25) is 0 Å². The van der Waals surface area contributed by atoms with Gasteiger partial charge in [-0.15, -0.1) is 0 Å². The lowest BCUT2D eigenvalue weighted by atomic mass is 10.1. The van der Waals surface area contributed by atoms with E-state index in [-0.39, 0.29) is 11.9 Å². The smallest absolute Gasteiger partial charge is 0.126 e. The predicted molar refractivity (Wildman–Crippen MR) is 67.9 cm³/mol. The van der Waals surface area contributed by atoms with Crippen molar-refractivity contribution in [3.63, 3.8) is 0 Å². The van der Waals surface area contributed by atoms with Gasteiger partial charge in [0.25, 0.3) is 0 Å². The number of nitrogens with one attached hydrogen (secondary N) is 1. The van der Waals surface area contributed by atoms with E-state index in [0.717, 1.165) is 31.6 Å². The summed E-state index contributed by atoms with van der Waals surface area (Å²) in [4.78, 5) is 0. The Morgan fingerprint density at radius 3 is 3.06 bits per heavy atom. The Morgan fingerprint density at radius 1 is 1.56 bits per heavy atom. The topological polar surface area (TPSA) is 41.5 Å². The molecule has 0 saturated carbocycles. The Kier molecular flexibility index (Phi) is 4.69. The van der Waals surface area contributed by atoms with Gasteiger partial charge in [0.15, 0.2) is 0 Å². The number of halogens is 1. The number of aryl methyl sites for hydroxylation is 1. The third kappa shape index (κ3) is 3.51. The molecule has 18 heavy (non-hydrogen) atoms. The average Bonchev–Trinajstić information content (AvgIpc) is 2.85. The van der Waals surface area contributed by atoms with E-state index in [9.17, 15) is 9.50 Å². The Hall–Kier alpha value is -0.970. The first-order valence-electron chi connectivity index (χ1n) is 6.43. The number of ether oxygens (including phenoxy) is 1. The molecule has 2 rings (SSSR count). The molecule has 1 aliphatic rings. The Bertz CT molecular complexity index is 391. The predicted octanol–water partition coefficient (Wildman–Crippen LogP) is 1.94. The van der Waals surface area contributed by atoms with Crippen LogP contribution in [-0.4, -0.2) is 30.9 Å². The lowest BCUT2D eigenvalue weighted by Gasteiger charge is -2.15. The molecule has 2 N–H and O–H groups in total. The molecule has 1 fully saturated rings. The fraction of sp³-hybridized carbons (Fsp3) is 0.571. The standard InChI is InChI=1S/C14H20FNO2/c1-10-7-11(4-5-13(10)15)14(17)9-16-8-12-3-2-6-18-12/h4-5,7,12,14,16-17H,2-3,6,8-9H2,1H3. The lowest BCUT2D eigenvalue weighted by molar-refractivity contribution is 0.103. The van der Waals surface area contributed by atoms with Crippen LogP contribution in [0.1, 0.15) is 30.1 Å². The molecule has 4 heteroatoms. The Balaban J connectivity index is 1.79. The van der Waals surface area contributed by atoms with Gasteiger partial charge >= 0.3 is 0 Å². The highest BCUT2D eigenvalue weighted by molar-refractivity contribution is 5.25. The van der Waals surface area contributed by atoms with E-state index in [1.54, 1.807) is 19.1 Å². The van der Waals surface area contributed by atoms with Crippen molar-refractivity contribution < 1.29 is 14.2 Å². The highest BCUT2D eigenvalue weighted by atomic mass is 19.1. The van der Waals surface area contributed by atoms with Gasteiger partial charge in [-0.1, -0.05) is 12.1 Å². The number of benzene rings is 1. The van der Waals surface area contributed by atoms with Gasteiger partial charge in [0, 0.05) is 19.7 Å². The molecule has 0 bridgehead atoms. The van der Waals surface area contributed by atoms with Crippen LogP contribution in [0.3, 0.4) is 0 Å². The van der Waals surface area contributed by atoms with Crippen molar-refractivity contribution in [1.29, 1.82) is 0 Å². The number of hydrogen-bond acceptors (Lipinski definition) is 3. The van der Waals surface area contributed by atoms with Gasteiger partial charge in [-0.25, -0.2) is 4.39 Å². The van der Waals surface area contributed by atoms with Gasteiger partial charge in [-0.3, -0.25) is 0 Å². The summed E-state index contributed by atoms with van der Waals surface area (Å²) < 4.78 is 18.6. The first-order valence-corrected chi connectivity index (χ1v) is 6.43. The number of rotatable bonds is 5. The first kappa shape index (κ1) is 13.5. The lowest BCUT2D eigenvalue weighted by Crippen LogP contribution is -2.29. The van der Waals surface area contributed by atoms with E-state index in [4.69, 9.17) is 4.74 Å². The molecular weight excluding hydrogens is 233 g/mol. The molecule has 0 amide bonds. The van der Waals surface area contributed by atoms with E-state index < -0.39 is 6.10 Å². The molecule has 1 heterocycles. The normalized spacial score (nSPS) is 21.2. The summed E-state index contributed by atoms with van der Waals surface area (Å²) in [5.74, 6) is -0.238. The van der Waals surface area contributed by atoms with Gasteiger partial charge in [-0.2, -0.15) is 0 Å². The molecule has 1 aromatic carbocycles. The molecule has 0 radical (unpaired) electrons. The molecule has 1 aromatic rings. The third-order valence-corrected chi connectivity index (χ3v) is 3.30. The maximum atomic E-state index is 13.1. The number of aliphatic hydroxyl groups excluding tert-OH is 1. The number of aliphatic hydroxyl groups is 1. The van der Waals surface area contributed by atoms with E-state index in [1.807, 2.05) is 0 Å². The van der Waals surface area contributed by atoms with E-state index in [0.29, 0.717) is 12.1 Å². The number of hydrogen-bond donors (Lipinski definition) is 2. The molecular formula is C14H20FNO2. The fourth-order valence-corrected chi connectivity index (χ4v) is 2.18. The summed E-state index contributed by atoms with van der Waals surface area (Å²) >= 11 is 0. The molecule has 0 aromatic heterocycles. The van der Waals surface area contributed by atoms with Crippen LogP contribution in [0.2, 0.25) is 0 Å². The summed E-state index contributed by atoms with van der Waals surface area (Å²) in [6.45, 7) is 3.76. The zero-order chi connectivity index (χ0) is 13.0. The van der Waals surface area contributed by atoms with Crippen LogP contribution in [0.5, 0.6) is 0 Å². The maximum absolute atomic E-state index is 13.1. The summed E-state index contributed by atoms with van der Waals surface area (Å²) in [5.41, 5.74) is 1.31. The quantitative estimate of drug-likeness (QED) is 0.842. The van der Waals surface area contributed by atoms with E-state index in [2.05, 4.69) is 5.32 Å². The van der Waals surface area contributed by atoms with E-state index in [1.165, 1.54) is 6.07 Å². The molecule has 1 aliphatic heterocycles. The van der Waals surface area contributed by atoms with Gasteiger partial charge in [0.1, 0.15) is 5.82 Å². The van der Waals surface area contributed by atoms with Gasteiger partial charge in [0.05, 0.1) is 12.2 Å². The van der Waals surface area contributed by atoms with Crippen LogP contribution < -0.4 is 5.32 Å². The monoisotopic (exact) mass is 253 g/mol. The molecule has 0 aliphatic carbocycles. The zero-order valence-corrected chi connectivity index (χ0v) is 10.7. The van der Waals surface area contributed by atoms with Crippen LogP contribution in [-0.2, 0) is 4.74 Å². The average molecular weight is 253 g/mol. The molecule has 1 saturated heterocycles. The second-order valence-corrected chi connectivity index (χ2v) is 4.82. The van der Waals surface area contributed by atoms with Crippen molar-refractivity contribution >= 4 is 0 Å². The van der Waals surface area contributed by atoms with E-state index >= 15 is 0 Å². The van der Waals surface area contributed by atoms with Crippen molar-refractivity contribution in [2.75, 3.05) is 19.7 Å². The minimum atomic E-state index is -0.606. The Morgan fingerprint density at radius 2 is 2.39 bits per heavy atom. The molecule has 0 spiro atoms. The second-order valence-electron chi connectivity index (χ2n) is 4.82. The summed E-state index contributed by atoms with van der Waals surface area (Å²) in [7, 11) is 0. The molecule has 3 nitrogen and oxygen atoms in total. The second kappa shape index (κ2) is 6.27. The minimum Gasteiger partial charge on any atom is -0.387 e. The highest BCUT2D eigenvalue weighted by Crippen LogP contribution is 2.16. The van der Waals surface area contributed by atoms with Crippen LogP contribution in [0.25, 0.3) is 0 Å². The zero-order valence-electron chi connectivity index (χ0n) is 10.7. The molecule has 2 atom stereocenters. The van der Waals surface area contributed by atoms with Crippen molar-refractivity contribution in [3.8, 4) is 0 Å². The molecule has 100 valence electrons. The first-order chi connectivity index (χ1) is 8.66. The van der Waals surface area contributed by atoms with Crippen molar-refractivity contribution in [1.82, 2.24) is 5.32 Å². The fourth-order valence-electron chi connectivity index (χ4n) is 2.18. The van der Waals surface area contributed by atoms with Crippen LogP contribution in [0.15, 0.2) is 18.2 Å². The van der Waals surface area contributed by atoms with Crippen LogP contribution >= 0.6 is 0 Å². The SMILES string of the molecule is Cc1cc(C(O)CNCC2CCCO2)ccc1F. The van der Waals surface area contributed by atoms with Gasteiger partial charge < -0.3 is 15.2 Å². The van der Waals surface area contributed by atoms with Crippen molar-refractivity contribution in [2.45, 2.75) is 32.0 Å². The van der Waals surface area contributed by atoms with Crippen molar-refractivity contribution in [3.05, 3.63) is 35.1 Å².